The SMILES string of the molecule is CCCC/C=C/CCCCCCCCCCCC(=O)O[C@H](COC(=O)CCCC/C=C/C/C=C/C/C=C/CCCCC)COP(=O)(O)OCC[N+](C)(C)C. The van der Waals surface area contributed by atoms with Gasteiger partial charge in [-0.05, 0) is 70.6 Å². The van der Waals surface area contributed by atoms with E-state index in [1.165, 1.54) is 77.0 Å². The van der Waals surface area contributed by atoms with E-state index in [1.807, 2.05) is 21.1 Å². The van der Waals surface area contributed by atoms with E-state index in [-0.39, 0.29) is 26.1 Å². The van der Waals surface area contributed by atoms with Crippen molar-refractivity contribution in [3.05, 3.63) is 48.6 Å². The average Bonchev–Trinajstić information content (AvgIpc) is 3.12. The Bertz CT molecular complexity index is 1070. The van der Waals surface area contributed by atoms with Gasteiger partial charge in [-0.1, -0.05) is 133 Å². The largest absolute Gasteiger partial charge is 0.472 e. The molecule has 0 radical (unpaired) electrons. The molecule has 0 aliphatic heterocycles. The molecule has 54 heavy (non-hydrogen) atoms. The van der Waals surface area contributed by atoms with E-state index in [2.05, 4.69) is 62.5 Å². The summed E-state index contributed by atoms with van der Waals surface area (Å²) in [5.41, 5.74) is 0. The molecule has 2 atom stereocenters. The molecule has 314 valence electrons. The molecule has 0 spiro atoms. The number of hydrogen-bond donors (Lipinski definition) is 1. The molecule has 0 aromatic carbocycles. The van der Waals surface area contributed by atoms with Crippen molar-refractivity contribution in [2.75, 3.05) is 47.5 Å². The molecule has 0 saturated heterocycles. The van der Waals surface area contributed by atoms with Crippen LogP contribution in [0, 0.1) is 0 Å². The van der Waals surface area contributed by atoms with Crippen LogP contribution in [-0.4, -0.2) is 74.9 Å². The average molecular weight is 783 g/mol. The van der Waals surface area contributed by atoms with E-state index in [1.54, 1.807) is 0 Å². The molecular weight excluding hydrogens is 701 g/mol. The number of nitrogens with zero attached hydrogens (tertiary/aromatic N) is 1. The first-order valence-electron chi connectivity index (χ1n) is 21.4. The summed E-state index contributed by atoms with van der Waals surface area (Å²) >= 11 is 0. The molecule has 0 aromatic heterocycles. The number of phosphoric ester groups is 1. The molecule has 0 aromatic rings. The highest BCUT2D eigenvalue weighted by Crippen LogP contribution is 2.43. The highest BCUT2D eigenvalue weighted by Gasteiger charge is 2.27. The maximum atomic E-state index is 12.7. The van der Waals surface area contributed by atoms with Crippen molar-refractivity contribution in [3.63, 3.8) is 0 Å². The Morgan fingerprint density at radius 3 is 1.59 bits per heavy atom. The van der Waals surface area contributed by atoms with E-state index in [4.69, 9.17) is 18.5 Å². The fourth-order valence-corrected chi connectivity index (χ4v) is 6.15. The number of unbranched alkanes of at least 4 members (excludes halogenated alkanes) is 16. The van der Waals surface area contributed by atoms with Gasteiger partial charge in [0.25, 0.3) is 0 Å². The highest BCUT2D eigenvalue weighted by molar-refractivity contribution is 7.47. The second kappa shape index (κ2) is 36.6. The third-order valence-electron chi connectivity index (χ3n) is 8.83. The fraction of sp³-hybridized carbons (Fsp3) is 0.773. The second-order valence-electron chi connectivity index (χ2n) is 15.4. The number of carbonyl (C=O) groups excluding carboxylic acids is 2. The first-order chi connectivity index (χ1) is 26.0. The number of hydrogen-bond acceptors (Lipinski definition) is 7. The normalized spacial score (nSPS) is 14.1. The fourth-order valence-electron chi connectivity index (χ4n) is 5.41. The third-order valence-corrected chi connectivity index (χ3v) is 9.82. The van der Waals surface area contributed by atoms with Crippen LogP contribution < -0.4 is 0 Å². The first-order valence-corrected chi connectivity index (χ1v) is 22.9. The lowest BCUT2D eigenvalue weighted by Crippen LogP contribution is -2.37. The van der Waals surface area contributed by atoms with Gasteiger partial charge in [-0.2, -0.15) is 0 Å². The number of phosphoric acid groups is 1. The van der Waals surface area contributed by atoms with Crippen LogP contribution in [0.4, 0.5) is 0 Å². The van der Waals surface area contributed by atoms with Crippen LogP contribution >= 0.6 is 7.82 Å². The predicted molar refractivity (Wildman–Crippen MR) is 224 cm³/mol. The smallest absolute Gasteiger partial charge is 0.462 e. The minimum Gasteiger partial charge on any atom is -0.462 e. The summed E-state index contributed by atoms with van der Waals surface area (Å²) in [5.74, 6) is -0.848. The molecule has 1 unspecified atom stereocenters. The molecule has 0 bridgehead atoms. The zero-order valence-corrected chi connectivity index (χ0v) is 36.1. The highest BCUT2D eigenvalue weighted by atomic mass is 31.2. The van der Waals surface area contributed by atoms with Crippen LogP contribution in [0.1, 0.15) is 168 Å². The Morgan fingerprint density at radius 1 is 0.574 bits per heavy atom. The second-order valence-corrected chi connectivity index (χ2v) is 16.8. The van der Waals surface area contributed by atoms with Crippen LogP contribution in [0.25, 0.3) is 0 Å². The number of carbonyl (C=O) groups is 2. The van der Waals surface area contributed by atoms with Gasteiger partial charge < -0.3 is 18.9 Å². The van der Waals surface area contributed by atoms with E-state index >= 15 is 0 Å². The van der Waals surface area contributed by atoms with Crippen LogP contribution in [0.2, 0.25) is 0 Å². The molecule has 0 heterocycles. The molecule has 0 amide bonds. The van der Waals surface area contributed by atoms with Gasteiger partial charge in [0.2, 0.25) is 0 Å². The summed E-state index contributed by atoms with van der Waals surface area (Å²) in [4.78, 5) is 35.3. The lowest BCUT2D eigenvalue weighted by Gasteiger charge is -2.24. The van der Waals surface area contributed by atoms with E-state index in [0.29, 0.717) is 23.9 Å². The van der Waals surface area contributed by atoms with Crippen molar-refractivity contribution in [2.24, 2.45) is 0 Å². The van der Waals surface area contributed by atoms with Gasteiger partial charge in [-0.3, -0.25) is 18.6 Å². The standard InChI is InChI=1S/C44H80NO8P/c1-6-8-10-12-14-16-18-20-22-24-26-28-30-32-34-36-43(46)50-40-42(41-52-54(48,49)51-39-38-45(3,4)5)53-44(47)37-35-33-31-29-27-25-23-21-19-17-15-13-11-9-7-2/h13-16,20,22,26,28,42H,6-12,17-19,21,23-25,27,29-41H2,1-5H3/p+1/b15-13+,16-14+,22-20+,28-26+/t42-/m1/s1. The first kappa shape index (κ1) is 52.0. The molecule has 0 aliphatic rings. The van der Waals surface area contributed by atoms with Crippen LogP contribution in [0.15, 0.2) is 48.6 Å². The predicted octanol–water partition coefficient (Wildman–Crippen LogP) is 11.9. The molecule has 10 heteroatoms. The van der Waals surface area contributed by atoms with Crippen molar-refractivity contribution in [1.82, 2.24) is 0 Å². The van der Waals surface area contributed by atoms with Crippen molar-refractivity contribution in [1.29, 1.82) is 0 Å². The molecule has 9 nitrogen and oxygen atoms in total. The van der Waals surface area contributed by atoms with Crippen molar-refractivity contribution < 1.29 is 42.1 Å². The van der Waals surface area contributed by atoms with Gasteiger partial charge in [-0.25, -0.2) is 4.57 Å². The zero-order chi connectivity index (χ0) is 40.0. The van der Waals surface area contributed by atoms with Crippen molar-refractivity contribution >= 4 is 19.8 Å². The molecule has 0 aliphatic carbocycles. The molecule has 0 rings (SSSR count). The minimum absolute atomic E-state index is 0.0241. The topological polar surface area (TPSA) is 108 Å². The Hall–Kier alpha value is -2.03. The number of rotatable bonds is 38. The number of allylic oxidation sites excluding steroid dienone is 8. The zero-order valence-electron chi connectivity index (χ0n) is 35.2. The van der Waals surface area contributed by atoms with Gasteiger partial charge in [0.1, 0.15) is 19.8 Å². The Morgan fingerprint density at radius 2 is 1.02 bits per heavy atom. The van der Waals surface area contributed by atoms with Crippen LogP contribution in [0.5, 0.6) is 0 Å². The number of ether oxygens (including phenoxy) is 2. The maximum Gasteiger partial charge on any atom is 0.472 e. The summed E-state index contributed by atoms with van der Waals surface area (Å²) < 4.78 is 34.2. The van der Waals surface area contributed by atoms with Gasteiger partial charge in [0.15, 0.2) is 6.10 Å². The van der Waals surface area contributed by atoms with Gasteiger partial charge in [0.05, 0.1) is 27.7 Å². The monoisotopic (exact) mass is 783 g/mol. The molecule has 0 saturated carbocycles. The Labute approximate surface area is 331 Å². The number of quaternary nitrogens is 1. The quantitative estimate of drug-likeness (QED) is 0.0217. The van der Waals surface area contributed by atoms with Gasteiger partial charge >= 0.3 is 19.8 Å². The summed E-state index contributed by atoms with van der Waals surface area (Å²) in [6.07, 6.45) is 41.5. The molecule has 1 N–H and O–H groups in total. The van der Waals surface area contributed by atoms with Crippen LogP contribution in [0.3, 0.4) is 0 Å². The molecular formula is C44H81NO8P+. The van der Waals surface area contributed by atoms with E-state index < -0.39 is 32.5 Å². The molecule has 0 fully saturated rings. The number of esters is 2. The maximum absolute atomic E-state index is 12.7. The van der Waals surface area contributed by atoms with Gasteiger partial charge in [-0.15, -0.1) is 0 Å². The number of likely N-dealkylation sites (N-methyl/N-ethyl adjacent to an activating group) is 1. The van der Waals surface area contributed by atoms with E-state index in [9.17, 15) is 19.0 Å². The summed E-state index contributed by atoms with van der Waals surface area (Å²) in [6.45, 7) is 4.31. The Balaban J connectivity index is 4.45. The summed E-state index contributed by atoms with van der Waals surface area (Å²) in [5, 5.41) is 0. The lowest BCUT2D eigenvalue weighted by atomic mass is 10.1. The summed E-state index contributed by atoms with van der Waals surface area (Å²) in [7, 11) is 1.45. The van der Waals surface area contributed by atoms with Crippen molar-refractivity contribution in [3.8, 4) is 0 Å². The van der Waals surface area contributed by atoms with Crippen molar-refractivity contribution in [2.45, 2.75) is 174 Å². The lowest BCUT2D eigenvalue weighted by molar-refractivity contribution is -0.870. The van der Waals surface area contributed by atoms with Crippen LogP contribution in [-0.2, 0) is 32.7 Å². The van der Waals surface area contributed by atoms with E-state index in [0.717, 1.165) is 51.4 Å². The third kappa shape index (κ3) is 39.7. The minimum atomic E-state index is -4.38. The summed E-state index contributed by atoms with van der Waals surface area (Å²) in [6, 6.07) is 0. The van der Waals surface area contributed by atoms with Gasteiger partial charge in [0, 0.05) is 12.8 Å². The Kier molecular flexibility index (Phi) is 35.2.